The summed E-state index contributed by atoms with van der Waals surface area (Å²) in [4.78, 5) is 38.2. The molecule has 0 aliphatic carbocycles. The average molecular weight is 973 g/mol. The van der Waals surface area contributed by atoms with E-state index in [1.54, 1.807) is 55.4 Å². The van der Waals surface area contributed by atoms with Gasteiger partial charge in [-0.15, -0.1) is 0 Å². The van der Waals surface area contributed by atoms with E-state index >= 15 is 0 Å². The van der Waals surface area contributed by atoms with Crippen LogP contribution in [0.3, 0.4) is 0 Å². The van der Waals surface area contributed by atoms with Crippen molar-refractivity contribution in [2.75, 3.05) is 132 Å². The van der Waals surface area contributed by atoms with Crippen molar-refractivity contribution in [2.24, 2.45) is 0 Å². The van der Waals surface area contributed by atoms with Crippen molar-refractivity contribution >= 4 is 30.2 Å². The summed E-state index contributed by atoms with van der Waals surface area (Å²) >= 11 is 0. The summed E-state index contributed by atoms with van der Waals surface area (Å²) < 4.78 is 103. The van der Waals surface area contributed by atoms with Crippen molar-refractivity contribution in [1.29, 1.82) is 0 Å². The van der Waals surface area contributed by atoms with Crippen molar-refractivity contribution in [2.45, 2.75) is 103 Å². The van der Waals surface area contributed by atoms with Crippen LogP contribution < -0.4 is 0 Å². The second kappa shape index (κ2) is 37.3. The predicted octanol–water partition coefficient (Wildman–Crippen LogP) is 4.12. The molecule has 0 heterocycles. The van der Waals surface area contributed by atoms with Gasteiger partial charge in [0.1, 0.15) is 12.2 Å². The van der Waals surface area contributed by atoms with Crippen molar-refractivity contribution < 1.29 is 99.5 Å². The van der Waals surface area contributed by atoms with Crippen LogP contribution in [0.4, 0.5) is 0 Å². The molecule has 6 unspecified atom stereocenters. The van der Waals surface area contributed by atoms with E-state index in [2.05, 4.69) is 0 Å². The molecule has 0 aromatic heterocycles. The van der Waals surface area contributed by atoms with Gasteiger partial charge in [-0.25, -0.2) is 0 Å². The molecule has 0 aromatic rings. The van der Waals surface area contributed by atoms with Crippen LogP contribution >= 0.6 is 30.2 Å². The summed E-state index contributed by atoms with van der Waals surface area (Å²) in [5, 5.41) is 19.3. The van der Waals surface area contributed by atoms with Crippen LogP contribution in [0.25, 0.3) is 0 Å². The molecule has 6 N–H and O–H groups in total. The average Bonchev–Trinajstić information content (AvgIpc) is 3.17. The SMILES string of the molecule is CC(C)P(=O)(O)CCCCOCCOCCOCCOCC(O)COP(=O)(O)C(C)C.CC(C)P(=O)(O)OCCOCCOCCOCCOCC(O)COP(=O)(O)C(C)C. The van der Waals surface area contributed by atoms with Crippen LogP contribution in [0.15, 0.2) is 0 Å². The molecule has 0 aliphatic heterocycles. The molecular formula is C36H80O21P4. The van der Waals surface area contributed by atoms with Gasteiger partial charge >= 0.3 is 22.8 Å². The zero-order valence-corrected chi connectivity index (χ0v) is 41.2. The Kier molecular flexibility index (Phi) is 38.8. The minimum absolute atomic E-state index is 0.0113. The summed E-state index contributed by atoms with van der Waals surface area (Å²) in [6, 6.07) is 0. The summed E-state index contributed by atoms with van der Waals surface area (Å²) in [5.41, 5.74) is -1.69. The molecule has 0 saturated heterocycles. The fourth-order valence-corrected chi connectivity index (χ4v) is 6.91. The number of rotatable bonds is 41. The number of hydrogen-bond acceptors (Lipinski definition) is 17. The van der Waals surface area contributed by atoms with Gasteiger partial charge in [0.2, 0.25) is 7.37 Å². The van der Waals surface area contributed by atoms with Gasteiger partial charge in [0.15, 0.2) is 0 Å². The first-order valence-electron chi connectivity index (χ1n) is 20.7. The lowest BCUT2D eigenvalue weighted by Gasteiger charge is -2.18. The van der Waals surface area contributed by atoms with Crippen molar-refractivity contribution in [3.05, 3.63) is 0 Å². The van der Waals surface area contributed by atoms with Gasteiger partial charge in [0.05, 0.1) is 136 Å². The third-order valence-corrected chi connectivity index (χ3v) is 16.1. The molecule has 6 atom stereocenters. The molecule has 0 rings (SSSR count). The van der Waals surface area contributed by atoms with Crippen LogP contribution in [0.2, 0.25) is 0 Å². The zero-order chi connectivity index (χ0) is 46.8. The van der Waals surface area contributed by atoms with E-state index in [1.807, 2.05) is 0 Å². The summed E-state index contributed by atoms with van der Waals surface area (Å²) in [7, 11) is -13.9. The van der Waals surface area contributed by atoms with Gasteiger partial charge in [-0.3, -0.25) is 18.3 Å². The fraction of sp³-hybridized carbons (Fsp3) is 1.00. The molecule has 61 heavy (non-hydrogen) atoms. The van der Waals surface area contributed by atoms with E-state index in [9.17, 15) is 48.0 Å². The quantitative estimate of drug-likeness (QED) is 0.0371. The van der Waals surface area contributed by atoms with E-state index in [1.165, 1.54) is 0 Å². The summed E-state index contributed by atoms with van der Waals surface area (Å²) in [6.45, 7) is 17.6. The van der Waals surface area contributed by atoms with Crippen molar-refractivity contribution in [1.82, 2.24) is 0 Å². The highest BCUT2D eigenvalue weighted by molar-refractivity contribution is 7.58. The van der Waals surface area contributed by atoms with E-state index in [-0.39, 0.29) is 58.5 Å². The largest absolute Gasteiger partial charge is 0.388 e. The Bertz CT molecular complexity index is 1230. The Morgan fingerprint density at radius 2 is 0.623 bits per heavy atom. The Morgan fingerprint density at radius 3 is 0.934 bits per heavy atom. The summed E-state index contributed by atoms with van der Waals surface area (Å²) in [6.07, 6.45) is -0.217. The highest BCUT2D eigenvalue weighted by Crippen LogP contribution is 2.48. The molecule has 0 aliphatic rings. The number of hydrogen-bond donors (Lipinski definition) is 6. The highest BCUT2D eigenvalue weighted by Gasteiger charge is 2.27. The first kappa shape index (κ1) is 63.3. The van der Waals surface area contributed by atoms with E-state index in [0.717, 1.165) is 6.42 Å². The van der Waals surface area contributed by atoms with E-state index < -0.39 is 59.3 Å². The fourth-order valence-electron chi connectivity index (χ4n) is 3.71. The van der Waals surface area contributed by atoms with Crippen LogP contribution in [0, 0.1) is 0 Å². The van der Waals surface area contributed by atoms with Crippen LogP contribution in [0.5, 0.6) is 0 Å². The van der Waals surface area contributed by atoms with E-state index in [4.69, 9.17) is 51.5 Å². The van der Waals surface area contributed by atoms with Gasteiger partial charge < -0.3 is 81.3 Å². The Labute approximate surface area is 363 Å². The normalized spacial score (nSPS) is 17.1. The Morgan fingerprint density at radius 1 is 0.344 bits per heavy atom. The number of aliphatic hydroxyl groups excluding tert-OH is 2. The molecule has 0 spiro atoms. The zero-order valence-electron chi connectivity index (χ0n) is 37.6. The minimum atomic E-state index is -3.69. The highest BCUT2D eigenvalue weighted by atomic mass is 31.2. The second-order valence-electron chi connectivity index (χ2n) is 14.8. The molecule has 0 radical (unpaired) electrons. The standard InChI is InChI=1S/C19H42O10P2.C17H38O11P2/c1-17(2)30(21,22)14-6-5-7-25-8-9-26-10-11-27-12-13-28-15-19(20)16-29-31(23,24)18(3)4;1-15(2)29(19,20)27-12-11-25-8-7-23-5-6-24-9-10-26-13-17(18)14-28-30(21,22)16(3)4/h17-20H,5-16H2,1-4H3,(H,21,22)(H,23,24);15-18H,5-14H2,1-4H3,(H,19,20)(H,21,22). The maximum atomic E-state index is 11.8. The van der Waals surface area contributed by atoms with Crippen LogP contribution in [0.1, 0.15) is 68.2 Å². The van der Waals surface area contributed by atoms with Gasteiger partial charge in [0, 0.05) is 18.4 Å². The molecule has 25 heteroatoms. The van der Waals surface area contributed by atoms with Crippen LogP contribution in [-0.4, -0.2) is 196 Å². The molecule has 370 valence electrons. The lowest BCUT2D eigenvalue weighted by atomic mass is 10.4. The number of aliphatic hydroxyl groups is 2. The Hall–Kier alpha value is 0.240. The smallest absolute Gasteiger partial charge is 0.330 e. The number of unbranched alkanes of at least 4 members (excludes halogenated alkanes) is 1. The van der Waals surface area contributed by atoms with Crippen molar-refractivity contribution in [3.63, 3.8) is 0 Å². The molecule has 0 amide bonds. The van der Waals surface area contributed by atoms with E-state index in [0.29, 0.717) is 85.3 Å². The first-order valence-corrected chi connectivity index (χ1v) is 27.5. The minimum Gasteiger partial charge on any atom is -0.388 e. The predicted molar refractivity (Wildman–Crippen MR) is 230 cm³/mol. The summed E-state index contributed by atoms with van der Waals surface area (Å²) in [5.74, 6) is 0. The first-order chi connectivity index (χ1) is 28.5. The van der Waals surface area contributed by atoms with Gasteiger partial charge in [-0.05, 0) is 12.8 Å². The molecule has 0 saturated carbocycles. The third-order valence-electron chi connectivity index (χ3n) is 8.04. The number of ether oxygens (including phenoxy) is 8. The maximum absolute atomic E-state index is 11.8. The lowest BCUT2D eigenvalue weighted by Crippen LogP contribution is -2.23. The molecule has 0 fully saturated rings. The molecule has 21 nitrogen and oxygen atoms in total. The molecule has 0 aromatic carbocycles. The van der Waals surface area contributed by atoms with Crippen molar-refractivity contribution in [3.8, 4) is 0 Å². The van der Waals surface area contributed by atoms with Gasteiger partial charge in [0.25, 0.3) is 0 Å². The van der Waals surface area contributed by atoms with Gasteiger partial charge in [-0.1, -0.05) is 55.4 Å². The van der Waals surface area contributed by atoms with Crippen LogP contribution in [-0.2, 0) is 69.7 Å². The lowest BCUT2D eigenvalue weighted by molar-refractivity contribution is -0.0259. The van der Waals surface area contributed by atoms with Gasteiger partial charge in [-0.2, -0.15) is 0 Å². The monoisotopic (exact) mass is 972 g/mol. The maximum Gasteiger partial charge on any atom is 0.330 e. The molecular weight excluding hydrogens is 892 g/mol. The topological polar surface area (TPSA) is 291 Å². The molecule has 0 bridgehead atoms. The Balaban J connectivity index is 0. The third kappa shape index (κ3) is 38.1. The second-order valence-corrected chi connectivity index (χ2v) is 25.1.